The quantitative estimate of drug-likeness (QED) is 0.566. The fraction of sp³-hybridized carbons (Fsp3) is 0.409. The molecule has 1 aliphatic heterocycles. The molecule has 4 rings (SSSR count). The fourth-order valence-corrected chi connectivity index (χ4v) is 6.65. The van der Waals surface area contributed by atoms with Crippen LogP contribution < -0.4 is 5.56 Å². The summed E-state index contributed by atoms with van der Waals surface area (Å²) in [4.78, 5) is 33.1. The van der Waals surface area contributed by atoms with Gasteiger partial charge in [-0.2, -0.15) is 0 Å². The molecule has 1 aromatic carbocycles. The molecule has 1 fully saturated rings. The maximum Gasteiger partial charge on any atom is 0.263 e. The Morgan fingerprint density at radius 3 is 2.68 bits per heavy atom. The van der Waals surface area contributed by atoms with Crippen LogP contribution in [0.5, 0.6) is 0 Å². The second-order valence-corrected chi connectivity index (χ2v) is 11.5. The highest BCUT2D eigenvalue weighted by atomic mass is 32.2. The predicted molar refractivity (Wildman–Crippen MR) is 123 cm³/mol. The largest absolute Gasteiger partial charge is 0.337 e. The molecule has 1 amide bonds. The minimum Gasteiger partial charge on any atom is -0.337 e. The third-order valence-corrected chi connectivity index (χ3v) is 8.12. The lowest BCUT2D eigenvalue weighted by atomic mass is 10.1. The van der Waals surface area contributed by atoms with Crippen molar-refractivity contribution in [3.05, 3.63) is 52.4 Å². The number of fused-ring (bicyclic) bond motifs is 1. The number of hydrogen-bond donors (Lipinski definition) is 0. The van der Waals surface area contributed by atoms with Crippen molar-refractivity contribution >= 4 is 37.3 Å². The first-order chi connectivity index (χ1) is 14.7. The van der Waals surface area contributed by atoms with Crippen molar-refractivity contribution in [1.82, 2.24) is 14.5 Å². The Morgan fingerprint density at radius 1 is 1.29 bits per heavy atom. The van der Waals surface area contributed by atoms with E-state index in [-0.39, 0.29) is 41.5 Å². The van der Waals surface area contributed by atoms with Crippen LogP contribution >= 0.6 is 11.3 Å². The van der Waals surface area contributed by atoms with Gasteiger partial charge in [0.15, 0.2) is 9.84 Å². The molecule has 0 N–H and O–H groups in total. The van der Waals surface area contributed by atoms with Crippen molar-refractivity contribution in [2.24, 2.45) is 5.92 Å². The average molecular weight is 460 g/mol. The Morgan fingerprint density at radius 2 is 2.03 bits per heavy atom. The van der Waals surface area contributed by atoms with E-state index < -0.39 is 9.84 Å². The van der Waals surface area contributed by atoms with Crippen LogP contribution in [0.15, 0.2) is 46.8 Å². The third kappa shape index (κ3) is 4.57. The summed E-state index contributed by atoms with van der Waals surface area (Å²) in [6.07, 6.45) is 1.85. The van der Waals surface area contributed by atoms with Crippen molar-refractivity contribution in [2.75, 3.05) is 18.1 Å². The first-order valence-electron chi connectivity index (χ1n) is 10.3. The second-order valence-electron chi connectivity index (χ2n) is 8.37. The minimum atomic E-state index is -3.12. The SMILES string of the molecule is CC(C)CN(C(=O)Cn1cnc2scc(-c3ccccc3)c2c1=O)C1CCS(=O)(=O)C1. The van der Waals surface area contributed by atoms with E-state index >= 15 is 0 Å². The number of amides is 1. The molecule has 0 aliphatic carbocycles. The van der Waals surface area contributed by atoms with Gasteiger partial charge in [0.05, 0.1) is 23.2 Å². The highest BCUT2D eigenvalue weighted by Crippen LogP contribution is 2.30. The fourth-order valence-electron chi connectivity index (χ4n) is 4.02. The molecule has 0 spiro atoms. The molecule has 31 heavy (non-hydrogen) atoms. The Balaban J connectivity index is 1.66. The molecule has 9 heteroatoms. The Kier molecular flexibility index (Phi) is 5.98. The van der Waals surface area contributed by atoms with Crippen LogP contribution in [0.3, 0.4) is 0 Å². The third-order valence-electron chi connectivity index (χ3n) is 5.48. The number of rotatable bonds is 6. The first kappa shape index (κ1) is 21.7. The minimum absolute atomic E-state index is 0.0136. The highest BCUT2D eigenvalue weighted by molar-refractivity contribution is 7.91. The maximum atomic E-state index is 13.3. The Hall–Kier alpha value is -2.52. The molecule has 7 nitrogen and oxygen atoms in total. The molecule has 0 saturated carbocycles. The first-order valence-corrected chi connectivity index (χ1v) is 13.0. The number of nitrogens with zero attached hydrogens (tertiary/aromatic N) is 3. The van der Waals surface area contributed by atoms with E-state index in [1.807, 2.05) is 49.6 Å². The van der Waals surface area contributed by atoms with E-state index in [0.717, 1.165) is 11.1 Å². The van der Waals surface area contributed by atoms with Crippen LogP contribution in [0, 0.1) is 5.92 Å². The molecule has 1 saturated heterocycles. The lowest BCUT2D eigenvalue weighted by Crippen LogP contribution is -2.45. The van der Waals surface area contributed by atoms with E-state index in [1.165, 1.54) is 22.2 Å². The summed E-state index contributed by atoms with van der Waals surface area (Å²) in [6.45, 7) is 4.27. The Bertz CT molecular complexity index is 1260. The van der Waals surface area contributed by atoms with Gasteiger partial charge in [0, 0.05) is 23.5 Å². The van der Waals surface area contributed by atoms with Crippen LogP contribution in [-0.4, -0.2) is 52.9 Å². The van der Waals surface area contributed by atoms with Crippen LogP contribution in [0.2, 0.25) is 0 Å². The van der Waals surface area contributed by atoms with Gasteiger partial charge in [-0.25, -0.2) is 13.4 Å². The van der Waals surface area contributed by atoms with Crippen molar-refractivity contribution in [1.29, 1.82) is 0 Å². The van der Waals surface area contributed by atoms with Crippen molar-refractivity contribution in [3.63, 3.8) is 0 Å². The number of sulfone groups is 1. The zero-order chi connectivity index (χ0) is 22.2. The van der Waals surface area contributed by atoms with Crippen molar-refractivity contribution in [2.45, 2.75) is 32.9 Å². The molecule has 1 atom stereocenters. The monoisotopic (exact) mass is 459 g/mol. The smallest absolute Gasteiger partial charge is 0.263 e. The topological polar surface area (TPSA) is 89.3 Å². The highest BCUT2D eigenvalue weighted by Gasteiger charge is 2.35. The summed E-state index contributed by atoms with van der Waals surface area (Å²) < 4.78 is 25.2. The number of aromatic nitrogens is 2. The van der Waals surface area contributed by atoms with Gasteiger partial charge in [0.25, 0.3) is 5.56 Å². The zero-order valence-corrected chi connectivity index (χ0v) is 19.2. The summed E-state index contributed by atoms with van der Waals surface area (Å²) in [6, 6.07) is 9.28. The standard InChI is InChI=1S/C22H25N3O4S2/c1-15(2)10-25(17-8-9-31(28,29)13-17)19(26)11-24-14-23-21-20(22(24)27)18(12-30-21)16-6-4-3-5-7-16/h3-7,12,14-15,17H,8-11,13H2,1-2H3. The number of thiophene rings is 1. The van der Waals surface area contributed by atoms with E-state index in [9.17, 15) is 18.0 Å². The van der Waals surface area contributed by atoms with Gasteiger partial charge in [-0.05, 0) is 17.9 Å². The molecule has 164 valence electrons. The van der Waals surface area contributed by atoms with Gasteiger partial charge in [-0.3, -0.25) is 14.2 Å². The van der Waals surface area contributed by atoms with Crippen LogP contribution in [-0.2, 0) is 21.2 Å². The summed E-state index contributed by atoms with van der Waals surface area (Å²) >= 11 is 1.40. The normalized spacial score (nSPS) is 18.0. The summed E-state index contributed by atoms with van der Waals surface area (Å²) in [5, 5.41) is 2.42. The maximum absolute atomic E-state index is 13.3. The van der Waals surface area contributed by atoms with Gasteiger partial charge in [0.2, 0.25) is 5.91 Å². The van der Waals surface area contributed by atoms with Gasteiger partial charge >= 0.3 is 0 Å². The molecule has 3 aromatic rings. The van der Waals surface area contributed by atoms with E-state index in [4.69, 9.17) is 0 Å². The van der Waals surface area contributed by atoms with Crippen molar-refractivity contribution in [3.8, 4) is 11.1 Å². The summed E-state index contributed by atoms with van der Waals surface area (Å²) in [7, 11) is -3.12. The zero-order valence-electron chi connectivity index (χ0n) is 17.5. The molecule has 1 unspecified atom stereocenters. The van der Waals surface area contributed by atoms with Crippen LogP contribution in [0.4, 0.5) is 0 Å². The van der Waals surface area contributed by atoms with Crippen molar-refractivity contribution < 1.29 is 13.2 Å². The molecule has 0 bridgehead atoms. The van der Waals surface area contributed by atoms with E-state index in [1.54, 1.807) is 4.90 Å². The van der Waals surface area contributed by atoms with E-state index in [0.29, 0.717) is 23.2 Å². The lowest BCUT2D eigenvalue weighted by Gasteiger charge is -2.30. The Labute approximate surface area is 185 Å². The van der Waals surface area contributed by atoms with Gasteiger partial charge in [-0.15, -0.1) is 11.3 Å². The number of carbonyl (C=O) groups excluding carboxylic acids is 1. The average Bonchev–Trinajstić information content (AvgIpc) is 3.32. The molecule has 0 radical (unpaired) electrons. The molecule has 2 aromatic heterocycles. The molecule has 1 aliphatic rings. The summed E-state index contributed by atoms with van der Waals surface area (Å²) in [5.41, 5.74) is 1.47. The van der Waals surface area contributed by atoms with Gasteiger partial charge < -0.3 is 4.90 Å². The van der Waals surface area contributed by atoms with E-state index in [2.05, 4.69) is 4.98 Å². The summed E-state index contributed by atoms with van der Waals surface area (Å²) in [5.74, 6) is 0.0181. The lowest BCUT2D eigenvalue weighted by molar-refractivity contribution is -0.134. The number of benzene rings is 1. The number of hydrogen-bond acceptors (Lipinski definition) is 6. The van der Waals surface area contributed by atoms with Gasteiger partial charge in [0.1, 0.15) is 11.4 Å². The predicted octanol–water partition coefficient (Wildman–Crippen LogP) is 2.80. The molecule has 3 heterocycles. The van der Waals surface area contributed by atoms with Crippen LogP contribution in [0.25, 0.3) is 21.3 Å². The number of carbonyl (C=O) groups is 1. The molecular formula is C22H25N3O4S2. The van der Waals surface area contributed by atoms with Gasteiger partial charge in [-0.1, -0.05) is 44.2 Å². The molecular weight excluding hydrogens is 434 g/mol. The van der Waals surface area contributed by atoms with Crippen LogP contribution in [0.1, 0.15) is 20.3 Å². The second kappa shape index (κ2) is 8.55.